The SMILES string of the molecule is COC(=O)/C=C/C[C@]1(C)CCc2c(C)c(OC)c(C)c(C)c2O1. The molecule has 0 amide bonds. The maximum absolute atomic E-state index is 11.2. The summed E-state index contributed by atoms with van der Waals surface area (Å²) in [7, 11) is 3.09. The summed E-state index contributed by atoms with van der Waals surface area (Å²) >= 11 is 0. The third kappa shape index (κ3) is 3.36. The molecule has 0 saturated carbocycles. The first-order valence-corrected chi connectivity index (χ1v) is 7.93. The van der Waals surface area contributed by atoms with Crippen LogP contribution in [0.25, 0.3) is 0 Å². The Labute approximate surface area is 138 Å². The number of fused-ring (bicyclic) bond motifs is 1. The minimum absolute atomic E-state index is 0.310. The van der Waals surface area contributed by atoms with Gasteiger partial charge < -0.3 is 14.2 Å². The fourth-order valence-corrected chi connectivity index (χ4v) is 3.20. The van der Waals surface area contributed by atoms with Crippen molar-refractivity contribution in [3.8, 4) is 11.5 Å². The van der Waals surface area contributed by atoms with Gasteiger partial charge >= 0.3 is 5.97 Å². The molecule has 0 N–H and O–H groups in total. The molecule has 0 aliphatic carbocycles. The normalized spacial score (nSPS) is 20.1. The first kappa shape index (κ1) is 17.4. The van der Waals surface area contributed by atoms with Gasteiger partial charge in [-0.2, -0.15) is 0 Å². The summed E-state index contributed by atoms with van der Waals surface area (Å²) < 4.78 is 16.6. The van der Waals surface area contributed by atoms with E-state index in [0.717, 1.165) is 41.0 Å². The van der Waals surface area contributed by atoms with E-state index in [1.165, 1.54) is 18.7 Å². The lowest BCUT2D eigenvalue weighted by atomic mass is 9.85. The minimum atomic E-state index is -0.336. The van der Waals surface area contributed by atoms with Crippen LogP contribution in [0.1, 0.15) is 42.0 Å². The molecule has 1 heterocycles. The van der Waals surface area contributed by atoms with Crippen LogP contribution >= 0.6 is 0 Å². The number of benzene rings is 1. The Morgan fingerprint density at radius 2 is 1.91 bits per heavy atom. The Bertz CT molecular complexity index is 646. The predicted octanol–water partition coefficient (Wildman–Crippen LogP) is 3.82. The highest BCUT2D eigenvalue weighted by molar-refractivity contribution is 5.81. The summed E-state index contributed by atoms with van der Waals surface area (Å²) in [5, 5.41) is 0. The van der Waals surface area contributed by atoms with E-state index in [4.69, 9.17) is 9.47 Å². The largest absolute Gasteiger partial charge is 0.496 e. The van der Waals surface area contributed by atoms with Crippen LogP contribution in [0.4, 0.5) is 0 Å². The summed E-state index contributed by atoms with van der Waals surface area (Å²) in [5.74, 6) is 1.59. The maximum atomic E-state index is 11.2. The Morgan fingerprint density at radius 1 is 1.22 bits per heavy atom. The van der Waals surface area contributed by atoms with Crippen LogP contribution in [0.2, 0.25) is 0 Å². The van der Waals surface area contributed by atoms with E-state index in [1.807, 2.05) is 6.08 Å². The average Bonchev–Trinajstić information content (AvgIpc) is 2.53. The van der Waals surface area contributed by atoms with E-state index in [0.29, 0.717) is 6.42 Å². The molecule has 0 unspecified atom stereocenters. The molecule has 23 heavy (non-hydrogen) atoms. The van der Waals surface area contributed by atoms with Gasteiger partial charge in [0.2, 0.25) is 0 Å². The smallest absolute Gasteiger partial charge is 0.330 e. The molecule has 1 aliphatic heterocycles. The van der Waals surface area contributed by atoms with Gasteiger partial charge in [-0.05, 0) is 57.2 Å². The van der Waals surface area contributed by atoms with E-state index in [9.17, 15) is 4.79 Å². The van der Waals surface area contributed by atoms with Crippen LogP contribution in [-0.4, -0.2) is 25.8 Å². The number of esters is 1. The quantitative estimate of drug-likeness (QED) is 0.625. The molecule has 0 fully saturated rings. The van der Waals surface area contributed by atoms with Gasteiger partial charge in [0.05, 0.1) is 14.2 Å². The van der Waals surface area contributed by atoms with Crippen molar-refractivity contribution < 1.29 is 19.0 Å². The molecular weight excluding hydrogens is 292 g/mol. The molecule has 2 rings (SSSR count). The summed E-state index contributed by atoms with van der Waals surface area (Å²) in [4.78, 5) is 11.2. The van der Waals surface area contributed by atoms with Crippen molar-refractivity contribution in [1.29, 1.82) is 0 Å². The Balaban J connectivity index is 2.30. The summed E-state index contributed by atoms with van der Waals surface area (Å²) in [5.41, 5.74) is 4.34. The first-order chi connectivity index (χ1) is 10.8. The van der Waals surface area contributed by atoms with Crippen molar-refractivity contribution in [3.63, 3.8) is 0 Å². The van der Waals surface area contributed by atoms with Crippen molar-refractivity contribution in [2.24, 2.45) is 0 Å². The summed E-state index contributed by atoms with van der Waals surface area (Å²) in [6.07, 6.45) is 5.81. The summed E-state index contributed by atoms with van der Waals surface area (Å²) in [6.45, 7) is 8.32. The van der Waals surface area contributed by atoms with E-state index in [2.05, 4.69) is 32.4 Å². The van der Waals surface area contributed by atoms with Crippen LogP contribution < -0.4 is 9.47 Å². The van der Waals surface area contributed by atoms with Crippen LogP contribution in [0.15, 0.2) is 12.2 Å². The number of hydrogen-bond donors (Lipinski definition) is 0. The first-order valence-electron chi connectivity index (χ1n) is 7.93. The molecule has 1 aromatic rings. The van der Waals surface area contributed by atoms with Crippen molar-refractivity contribution in [1.82, 2.24) is 0 Å². The van der Waals surface area contributed by atoms with Gasteiger partial charge in [0, 0.05) is 18.1 Å². The highest BCUT2D eigenvalue weighted by Crippen LogP contribution is 2.44. The van der Waals surface area contributed by atoms with E-state index in [1.54, 1.807) is 7.11 Å². The second-order valence-corrected chi connectivity index (χ2v) is 6.40. The molecule has 0 saturated heterocycles. The zero-order valence-electron chi connectivity index (χ0n) is 14.9. The molecule has 0 spiro atoms. The third-order valence-corrected chi connectivity index (χ3v) is 4.77. The van der Waals surface area contributed by atoms with Crippen molar-refractivity contribution in [2.45, 2.75) is 52.6 Å². The number of hydrogen-bond acceptors (Lipinski definition) is 4. The molecule has 0 radical (unpaired) electrons. The van der Waals surface area contributed by atoms with Crippen LogP contribution in [0.5, 0.6) is 11.5 Å². The van der Waals surface area contributed by atoms with Gasteiger partial charge in [0.1, 0.15) is 17.1 Å². The lowest BCUT2D eigenvalue weighted by Crippen LogP contribution is -2.36. The Kier molecular flexibility index (Phi) is 5.03. The number of rotatable bonds is 4. The van der Waals surface area contributed by atoms with Gasteiger partial charge in [-0.1, -0.05) is 6.08 Å². The van der Waals surface area contributed by atoms with Gasteiger partial charge in [-0.15, -0.1) is 0 Å². The molecule has 0 bridgehead atoms. The van der Waals surface area contributed by atoms with Crippen LogP contribution in [0, 0.1) is 20.8 Å². The molecule has 4 nitrogen and oxygen atoms in total. The standard InChI is InChI=1S/C19H26O4/c1-12-13(2)18-15(14(3)17(12)22-6)9-11-19(4,23-18)10-7-8-16(20)21-5/h7-8H,9-11H2,1-6H3/b8-7+/t19-/m1/s1. The molecule has 0 aromatic heterocycles. The van der Waals surface area contributed by atoms with Crippen LogP contribution in [0.3, 0.4) is 0 Å². The number of carbonyl (C=O) groups excluding carboxylic acids is 1. The van der Waals surface area contributed by atoms with Gasteiger partial charge in [-0.25, -0.2) is 4.79 Å². The van der Waals surface area contributed by atoms with Gasteiger partial charge in [0.25, 0.3) is 0 Å². The van der Waals surface area contributed by atoms with Crippen molar-refractivity contribution in [3.05, 3.63) is 34.4 Å². The van der Waals surface area contributed by atoms with Crippen molar-refractivity contribution in [2.75, 3.05) is 14.2 Å². The molecular formula is C19H26O4. The number of methoxy groups -OCH3 is 2. The van der Waals surface area contributed by atoms with Gasteiger partial charge in [0.15, 0.2) is 0 Å². The Morgan fingerprint density at radius 3 is 2.52 bits per heavy atom. The van der Waals surface area contributed by atoms with E-state index < -0.39 is 0 Å². The lowest BCUT2D eigenvalue weighted by molar-refractivity contribution is -0.134. The van der Waals surface area contributed by atoms with Gasteiger partial charge in [-0.3, -0.25) is 0 Å². The minimum Gasteiger partial charge on any atom is -0.496 e. The van der Waals surface area contributed by atoms with Crippen molar-refractivity contribution >= 4 is 5.97 Å². The zero-order chi connectivity index (χ0) is 17.2. The average molecular weight is 318 g/mol. The zero-order valence-corrected chi connectivity index (χ0v) is 14.9. The van der Waals surface area contributed by atoms with E-state index >= 15 is 0 Å². The van der Waals surface area contributed by atoms with Crippen LogP contribution in [-0.2, 0) is 16.0 Å². The third-order valence-electron chi connectivity index (χ3n) is 4.77. The number of ether oxygens (including phenoxy) is 3. The molecule has 1 aliphatic rings. The fraction of sp³-hybridized carbons (Fsp3) is 0.526. The monoisotopic (exact) mass is 318 g/mol. The summed E-state index contributed by atoms with van der Waals surface area (Å²) in [6, 6.07) is 0. The topological polar surface area (TPSA) is 44.8 Å². The highest BCUT2D eigenvalue weighted by atomic mass is 16.5. The molecule has 1 aromatic carbocycles. The highest BCUT2D eigenvalue weighted by Gasteiger charge is 2.33. The molecule has 1 atom stereocenters. The Hall–Kier alpha value is -1.97. The van der Waals surface area contributed by atoms with E-state index in [-0.39, 0.29) is 11.6 Å². The molecule has 126 valence electrons. The predicted molar refractivity (Wildman–Crippen MR) is 90.3 cm³/mol. The number of carbonyl (C=O) groups is 1. The second-order valence-electron chi connectivity index (χ2n) is 6.40. The lowest BCUT2D eigenvalue weighted by Gasteiger charge is -2.37. The second kappa shape index (κ2) is 6.65. The maximum Gasteiger partial charge on any atom is 0.330 e. The fourth-order valence-electron chi connectivity index (χ4n) is 3.20. The molecule has 4 heteroatoms.